The molecule has 0 aliphatic carbocycles. The Morgan fingerprint density at radius 2 is 2.18 bits per heavy atom. The fourth-order valence-electron chi connectivity index (χ4n) is 2.01. The second kappa shape index (κ2) is 7.79. The van der Waals surface area contributed by atoms with E-state index in [1.165, 1.54) is 12.1 Å². The van der Waals surface area contributed by atoms with Crippen LogP contribution in [0.3, 0.4) is 0 Å². The number of aliphatic imine (C=N–C) groups is 1. The third kappa shape index (κ3) is 4.46. The lowest BCUT2D eigenvalue weighted by Gasteiger charge is -2.12. The summed E-state index contributed by atoms with van der Waals surface area (Å²) in [6, 6.07) is 6.38. The van der Waals surface area contributed by atoms with E-state index in [-0.39, 0.29) is 5.82 Å². The Morgan fingerprint density at radius 3 is 2.82 bits per heavy atom. The van der Waals surface area contributed by atoms with Crippen molar-refractivity contribution in [2.24, 2.45) is 12.0 Å². The Hall–Kier alpha value is -2.08. The highest BCUT2D eigenvalue weighted by atomic mass is 35.5. The fraction of sp³-hybridized carbons (Fsp3) is 0.333. The van der Waals surface area contributed by atoms with Crippen molar-refractivity contribution in [2.45, 2.75) is 13.0 Å². The van der Waals surface area contributed by atoms with Gasteiger partial charge in [0.05, 0.1) is 12.2 Å². The van der Waals surface area contributed by atoms with Crippen molar-refractivity contribution in [2.75, 3.05) is 13.6 Å². The maximum absolute atomic E-state index is 13.0. The SMILES string of the molecule is CN=C(NCCc1ccc(F)cc1Cl)NCc1ccnn1C. The van der Waals surface area contributed by atoms with Crippen LogP contribution in [0.5, 0.6) is 0 Å². The zero-order valence-corrected chi connectivity index (χ0v) is 13.4. The van der Waals surface area contributed by atoms with Crippen LogP contribution in [0.15, 0.2) is 35.5 Å². The van der Waals surface area contributed by atoms with Crippen LogP contribution >= 0.6 is 11.6 Å². The molecule has 0 radical (unpaired) electrons. The van der Waals surface area contributed by atoms with Crippen molar-refractivity contribution in [1.82, 2.24) is 20.4 Å². The van der Waals surface area contributed by atoms with E-state index in [0.717, 1.165) is 11.3 Å². The molecule has 0 amide bonds. The predicted molar refractivity (Wildman–Crippen MR) is 86.5 cm³/mol. The molecule has 0 atom stereocenters. The van der Waals surface area contributed by atoms with Gasteiger partial charge < -0.3 is 10.6 Å². The quantitative estimate of drug-likeness (QED) is 0.654. The molecule has 0 fully saturated rings. The van der Waals surface area contributed by atoms with Crippen molar-refractivity contribution in [3.63, 3.8) is 0 Å². The Balaban J connectivity index is 1.80. The molecule has 1 heterocycles. The molecule has 0 spiro atoms. The second-order valence-electron chi connectivity index (χ2n) is 4.78. The zero-order valence-electron chi connectivity index (χ0n) is 12.6. The summed E-state index contributed by atoms with van der Waals surface area (Å²) in [5, 5.41) is 11.0. The monoisotopic (exact) mass is 323 g/mol. The van der Waals surface area contributed by atoms with E-state index in [9.17, 15) is 4.39 Å². The lowest BCUT2D eigenvalue weighted by molar-refractivity contribution is 0.627. The number of rotatable bonds is 5. The lowest BCUT2D eigenvalue weighted by atomic mass is 10.1. The third-order valence-electron chi connectivity index (χ3n) is 3.28. The molecule has 2 rings (SSSR count). The van der Waals surface area contributed by atoms with Crippen molar-refractivity contribution >= 4 is 17.6 Å². The predicted octanol–water partition coefficient (Wildman–Crippen LogP) is 2.12. The number of nitrogens with one attached hydrogen (secondary N) is 2. The average Bonchev–Trinajstić information content (AvgIpc) is 2.90. The summed E-state index contributed by atoms with van der Waals surface area (Å²) in [5.41, 5.74) is 1.96. The summed E-state index contributed by atoms with van der Waals surface area (Å²) in [7, 11) is 3.60. The first-order chi connectivity index (χ1) is 10.6. The fourth-order valence-corrected chi connectivity index (χ4v) is 2.27. The first-order valence-corrected chi connectivity index (χ1v) is 7.33. The largest absolute Gasteiger partial charge is 0.356 e. The van der Waals surface area contributed by atoms with Gasteiger partial charge in [0.2, 0.25) is 0 Å². The summed E-state index contributed by atoms with van der Waals surface area (Å²) in [6.07, 6.45) is 2.44. The number of guanidine groups is 1. The molecule has 0 bridgehead atoms. The molecule has 5 nitrogen and oxygen atoms in total. The first-order valence-electron chi connectivity index (χ1n) is 6.95. The molecule has 1 aromatic heterocycles. The van der Waals surface area contributed by atoms with Crippen molar-refractivity contribution in [1.29, 1.82) is 0 Å². The van der Waals surface area contributed by atoms with Gasteiger partial charge in [-0.1, -0.05) is 17.7 Å². The van der Waals surface area contributed by atoms with E-state index in [1.54, 1.807) is 24.0 Å². The normalized spacial score (nSPS) is 11.5. The highest BCUT2D eigenvalue weighted by molar-refractivity contribution is 6.31. The number of aromatic nitrogens is 2. The van der Waals surface area contributed by atoms with Crippen LogP contribution in [0.2, 0.25) is 5.02 Å². The zero-order chi connectivity index (χ0) is 15.9. The maximum atomic E-state index is 13.0. The molecule has 2 N–H and O–H groups in total. The summed E-state index contributed by atoms with van der Waals surface area (Å²) in [4.78, 5) is 4.16. The number of benzene rings is 1. The Bertz CT molecular complexity index is 653. The number of aryl methyl sites for hydroxylation is 1. The first kappa shape index (κ1) is 16.3. The van der Waals surface area contributed by atoms with Crippen LogP contribution in [-0.2, 0) is 20.0 Å². The van der Waals surface area contributed by atoms with Gasteiger partial charge in [0.25, 0.3) is 0 Å². The molecular weight excluding hydrogens is 305 g/mol. The average molecular weight is 324 g/mol. The molecule has 1 aromatic carbocycles. The molecule has 7 heteroatoms. The molecule has 0 saturated heterocycles. The molecule has 22 heavy (non-hydrogen) atoms. The van der Waals surface area contributed by atoms with Gasteiger partial charge >= 0.3 is 0 Å². The van der Waals surface area contributed by atoms with Gasteiger partial charge in [-0.25, -0.2) is 4.39 Å². The molecule has 0 unspecified atom stereocenters. The van der Waals surface area contributed by atoms with Crippen molar-refractivity contribution in [3.8, 4) is 0 Å². The molecular formula is C15H19ClFN5. The van der Waals surface area contributed by atoms with Crippen LogP contribution in [0.1, 0.15) is 11.3 Å². The lowest BCUT2D eigenvalue weighted by Crippen LogP contribution is -2.38. The standard InChI is InChI=1S/C15H19ClFN5/c1-18-15(20-10-13-6-8-21-22(13)2)19-7-5-11-3-4-12(17)9-14(11)16/h3-4,6,8-9H,5,7,10H2,1-2H3,(H2,18,19,20). The Kier molecular flexibility index (Phi) is 5.77. The van der Waals surface area contributed by atoms with Gasteiger partial charge in [0.1, 0.15) is 5.82 Å². The van der Waals surface area contributed by atoms with Crippen molar-refractivity contribution in [3.05, 3.63) is 52.6 Å². The minimum absolute atomic E-state index is 0.324. The number of halogens is 2. The summed E-state index contributed by atoms with van der Waals surface area (Å²) >= 11 is 6.00. The topological polar surface area (TPSA) is 54.2 Å². The number of hydrogen-bond donors (Lipinski definition) is 2. The summed E-state index contributed by atoms with van der Waals surface area (Å²) in [5.74, 6) is 0.370. The Morgan fingerprint density at radius 1 is 1.36 bits per heavy atom. The van der Waals surface area contributed by atoms with Gasteiger partial charge in [-0.05, 0) is 30.2 Å². The molecule has 0 aliphatic heterocycles. The van der Waals surface area contributed by atoms with Crippen LogP contribution in [-0.4, -0.2) is 29.3 Å². The van der Waals surface area contributed by atoms with E-state index in [1.807, 2.05) is 13.1 Å². The van der Waals surface area contributed by atoms with E-state index in [2.05, 4.69) is 20.7 Å². The molecule has 0 saturated carbocycles. The van der Waals surface area contributed by atoms with E-state index in [4.69, 9.17) is 11.6 Å². The van der Waals surface area contributed by atoms with Gasteiger partial charge in [-0.15, -0.1) is 0 Å². The van der Waals surface area contributed by atoms with Crippen LogP contribution < -0.4 is 10.6 Å². The van der Waals surface area contributed by atoms with Crippen LogP contribution in [0.4, 0.5) is 4.39 Å². The molecule has 0 aliphatic rings. The second-order valence-corrected chi connectivity index (χ2v) is 5.19. The van der Waals surface area contributed by atoms with Gasteiger partial charge in [-0.2, -0.15) is 5.10 Å². The van der Waals surface area contributed by atoms with Gasteiger partial charge in [0.15, 0.2) is 5.96 Å². The third-order valence-corrected chi connectivity index (χ3v) is 3.64. The van der Waals surface area contributed by atoms with E-state index >= 15 is 0 Å². The minimum Gasteiger partial charge on any atom is -0.356 e. The maximum Gasteiger partial charge on any atom is 0.191 e. The minimum atomic E-state index is -0.324. The number of hydrogen-bond acceptors (Lipinski definition) is 2. The van der Waals surface area contributed by atoms with Crippen molar-refractivity contribution < 1.29 is 4.39 Å². The number of nitrogens with zero attached hydrogens (tertiary/aromatic N) is 3. The highest BCUT2D eigenvalue weighted by Gasteiger charge is 2.04. The van der Waals surface area contributed by atoms with Gasteiger partial charge in [-0.3, -0.25) is 9.67 Å². The van der Waals surface area contributed by atoms with E-state index < -0.39 is 0 Å². The molecule has 118 valence electrons. The summed E-state index contributed by atoms with van der Waals surface area (Å²) in [6.45, 7) is 1.28. The highest BCUT2D eigenvalue weighted by Crippen LogP contribution is 2.17. The smallest absolute Gasteiger partial charge is 0.191 e. The van der Waals surface area contributed by atoms with Crippen LogP contribution in [0, 0.1) is 5.82 Å². The van der Waals surface area contributed by atoms with Gasteiger partial charge in [0, 0.05) is 31.9 Å². The van der Waals surface area contributed by atoms with E-state index in [0.29, 0.717) is 30.5 Å². The molecule has 2 aromatic rings. The Labute approximate surface area is 134 Å². The summed E-state index contributed by atoms with van der Waals surface area (Å²) < 4.78 is 14.8. The van der Waals surface area contributed by atoms with Crippen LogP contribution in [0.25, 0.3) is 0 Å².